The monoisotopic (exact) mass is 490 g/mol. The summed E-state index contributed by atoms with van der Waals surface area (Å²) in [6, 6.07) is 20.8. The molecule has 3 aromatic carbocycles. The summed E-state index contributed by atoms with van der Waals surface area (Å²) in [5.41, 5.74) is 4.91. The van der Waals surface area contributed by atoms with E-state index in [4.69, 9.17) is 37.4 Å². The van der Waals surface area contributed by atoms with Gasteiger partial charge in [-0.05, 0) is 53.1 Å². The molecule has 0 N–H and O–H groups in total. The van der Waals surface area contributed by atoms with E-state index in [1.54, 1.807) is 10.8 Å². The zero-order chi connectivity index (χ0) is 23.1. The maximum absolute atomic E-state index is 6.29. The van der Waals surface area contributed by atoms with E-state index in [2.05, 4.69) is 15.3 Å². The molecule has 0 saturated heterocycles. The predicted octanol–water partition coefficient (Wildman–Crippen LogP) is 6.07. The molecule has 0 fully saturated rings. The third kappa shape index (κ3) is 3.79. The molecular weight excluding hydrogens is 475 g/mol. The molecule has 0 bridgehead atoms. The quantitative estimate of drug-likeness (QED) is 0.297. The van der Waals surface area contributed by atoms with Gasteiger partial charge in [0.1, 0.15) is 12.9 Å². The highest BCUT2D eigenvalue weighted by Gasteiger charge is 2.22. The maximum atomic E-state index is 6.29. The molecule has 0 unspecified atom stereocenters. The number of hydrogen-bond donors (Lipinski definition) is 0. The molecule has 2 aromatic heterocycles. The second-order valence-corrected chi connectivity index (χ2v) is 8.52. The Morgan fingerprint density at radius 3 is 2.24 bits per heavy atom. The molecule has 0 aliphatic carbocycles. The van der Waals surface area contributed by atoms with Gasteiger partial charge in [0.2, 0.25) is 12.7 Å². The molecule has 0 atom stereocenters. The maximum Gasteiger partial charge on any atom is 0.240 e. The van der Waals surface area contributed by atoms with Crippen molar-refractivity contribution >= 4 is 28.8 Å². The van der Waals surface area contributed by atoms with Crippen LogP contribution in [0.5, 0.6) is 17.4 Å². The van der Waals surface area contributed by atoms with Crippen LogP contribution in [0, 0.1) is 0 Å². The number of fused-ring (bicyclic) bond motifs is 2. The van der Waals surface area contributed by atoms with Crippen molar-refractivity contribution in [3.63, 3.8) is 0 Å². The predicted molar refractivity (Wildman–Crippen MR) is 129 cm³/mol. The van der Waals surface area contributed by atoms with Gasteiger partial charge in [0.15, 0.2) is 17.1 Å². The van der Waals surface area contributed by atoms with E-state index in [9.17, 15) is 0 Å². The first kappa shape index (κ1) is 20.8. The van der Waals surface area contributed by atoms with Gasteiger partial charge in [0.05, 0.1) is 5.56 Å². The Bertz CT molecular complexity index is 1500. The highest BCUT2D eigenvalue weighted by molar-refractivity contribution is 6.31. The number of ether oxygens (including phenoxy) is 3. The SMILES string of the molecule is Clc1ccc(-c2c(OCc3ccc4c(c3)OCO4)nn3cnnc3c2-c2ccc(Cl)cc2)cc1. The van der Waals surface area contributed by atoms with E-state index in [0.29, 0.717) is 27.3 Å². The number of rotatable bonds is 5. The number of hydrogen-bond acceptors (Lipinski definition) is 6. The smallest absolute Gasteiger partial charge is 0.240 e. The van der Waals surface area contributed by atoms with Crippen LogP contribution in [-0.2, 0) is 6.61 Å². The second-order valence-electron chi connectivity index (χ2n) is 7.64. The summed E-state index contributed by atoms with van der Waals surface area (Å²) in [5.74, 6) is 1.85. The van der Waals surface area contributed by atoms with E-state index >= 15 is 0 Å². The molecule has 5 aromatic rings. The fraction of sp³-hybridized carbons (Fsp3) is 0.0800. The van der Waals surface area contributed by atoms with Gasteiger partial charge in [0.25, 0.3) is 0 Å². The summed E-state index contributed by atoms with van der Waals surface area (Å²) in [5, 5.41) is 14.4. The van der Waals surface area contributed by atoms with Gasteiger partial charge in [0, 0.05) is 15.6 Å². The van der Waals surface area contributed by atoms with Crippen LogP contribution in [0.25, 0.3) is 27.9 Å². The average molecular weight is 491 g/mol. The van der Waals surface area contributed by atoms with Gasteiger partial charge >= 0.3 is 0 Å². The molecule has 168 valence electrons. The van der Waals surface area contributed by atoms with Crippen LogP contribution in [0.1, 0.15) is 5.56 Å². The normalized spacial score (nSPS) is 12.3. The Hall–Kier alpha value is -3.81. The molecule has 6 rings (SSSR count). The van der Waals surface area contributed by atoms with Crippen molar-refractivity contribution in [3.05, 3.63) is 88.7 Å². The van der Waals surface area contributed by atoms with Crippen LogP contribution in [0.4, 0.5) is 0 Å². The first-order valence-electron chi connectivity index (χ1n) is 10.4. The summed E-state index contributed by atoms with van der Waals surface area (Å²) in [4.78, 5) is 0. The fourth-order valence-electron chi connectivity index (χ4n) is 3.89. The summed E-state index contributed by atoms with van der Waals surface area (Å²) in [6.45, 7) is 0.495. The Morgan fingerprint density at radius 2 is 1.50 bits per heavy atom. The average Bonchev–Trinajstić information content (AvgIpc) is 3.52. The van der Waals surface area contributed by atoms with Crippen molar-refractivity contribution in [1.82, 2.24) is 19.8 Å². The molecule has 9 heteroatoms. The molecule has 3 heterocycles. The minimum atomic E-state index is 0.219. The lowest BCUT2D eigenvalue weighted by Crippen LogP contribution is -2.05. The van der Waals surface area contributed by atoms with Crippen molar-refractivity contribution in [2.45, 2.75) is 6.61 Å². The lowest BCUT2D eigenvalue weighted by atomic mass is 9.96. The number of benzene rings is 3. The van der Waals surface area contributed by atoms with Gasteiger partial charge in [-0.1, -0.05) is 53.5 Å². The van der Waals surface area contributed by atoms with Gasteiger partial charge in [-0.15, -0.1) is 15.3 Å². The summed E-state index contributed by atoms with van der Waals surface area (Å²) in [7, 11) is 0. The molecule has 34 heavy (non-hydrogen) atoms. The first-order valence-corrected chi connectivity index (χ1v) is 11.2. The molecule has 7 nitrogen and oxygen atoms in total. The largest absolute Gasteiger partial charge is 0.471 e. The van der Waals surface area contributed by atoms with Gasteiger partial charge in [-0.3, -0.25) is 0 Å². The topological polar surface area (TPSA) is 70.8 Å². The lowest BCUT2D eigenvalue weighted by molar-refractivity contribution is 0.174. The van der Waals surface area contributed by atoms with E-state index in [1.807, 2.05) is 66.7 Å². The van der Waals surface area contributed by atoms with Gasteiger partial charge in [-0.2, -0.15) is 4.52 Å². The summed E-state index contributed by atoms with van der Waals surface area (Å²) < 4.78 is 18.8. The molecule has 1 aliphatic rings. The highest BCUT2D eigenvalue weighted by atomic mass is 35.5. The third-order valence-electron chi connectivity index (χ3n) is 5.49. The third-order valence-corrected chi connectivity index (χ3v) is 6.00. The minimum absolute atomic E-state index is 0.219. The van der Waals surface area contributed by atoms with Crippen molar-refractivity contribution in [2.75, 3.05) is 6.79 Å². The Morgan fingerprint density at radius 1 is 0.824 bits per heavy atom. The van der Waals surface area contributed by atoms with Gasteiger partial charge < -0.3 is 14.2 Å². The van der Waals surface area contributed by atoms with Crippen LogP contribution >= 0.6 is 23.2 Å². The van der Waals surface area contributed by atoms with Crippen molar-refractivity contribution in [2.24, 2.45) is 0 Å². The van der Waals surface area contributed by atoms with Crippen LogP contribution in [-0.4, -0.2) is 26.6 Å². The molecule has 0 amide bonds. The highest BCUT2D eigenvalue weighted by Crippen LogP contribution is 2.41. The molecular formula is C25H16Cl2N4O3. The molecule has 0 saturated carbocycles. The summed E-state index contributed by atoms with van der Waals surface area (Å²) >= 11 is 12.3. The van der Waals surface area contributed by atoms with Crippen LogP contribution in [0.2, 0.25) is 10.0 Å². The molecule has 0 radical (unpaired) electrons. The first-order chi connectivity index (χ1) is 16.7. The van der Waals surface area contributed by atoms with E-state index in [-0.39, 0.29) is 13.4 Å². The van der Waals surface area contributed by atoms with Crippen LogP contribution < -0.4 is 14.2 Å². The lowest BCUT2D eigenvalue weighted by Gasteiger charge is -2.16. The zero-order valence-corrected chi connectivity index (χ0v) is 19.1. The van der Waals surface area contributed by atoms with Gasteiger partial charge in [-0.25, -0.2) is 0 Å². The Kier molecular flexibility index (Phi) is 5.20. The van der Waals surface area contributed by atoms with Crippen LogP contribution in [0.15, 0.2) is 73.1 Å². The van der Waals surface area contributed by atoms with Crippen molar-refractivity contribution < 1.29 is 14.2 Å². The second kappa shape index (κ2) is 8.52. The Balaban J connectivity index is 1.50. The molecule has 0 spiro atoms. The number of halogens is 2. The van der Waals surface area contributed by atoms with E-state index < -0.39 is 0 Å². The minimum Gasteiger partial charge on any atom is -0.471 e. The number of aromatic nitrogens is 4. The van der Waals surface area contributed by atoms with Crippen molar-refractivity contribution in [3.8, 4) is 39.6 Å². The molecule has 1 aliphatic heterocycles. The summed E-state index contributed by atoms with van der Waals surface area (Å²) in [6.07, 6.45) is 1.55. The fourth-order valence-corrected chi connectivity index (χ4v) is 4.14. The number of nitrogens with zero attached hydrogens (tertiary/aromatic N) is 4. The van der Waals surface area contributed by atoms with Crippen LogP contribution in [0.3, 0.4) is 0 Å². The standard InChI is InChI=1S/C25H16Cl2N4O3/c26-18-6-2-16(3-7-18)22-23(17-4-8-19(27)9-5-17)25(30-31-13-28-29-24(22)31)32-12-15-1-10-20-21(11-15)34-14-33-20/h1-11,13H,12,14H2. The van der Waals surface area contributed by atoms with E-state index in [0.717, 1.165) is 33.6 Å². The zero-order valence-electron chi connectivity index (χ0n) is 17.6. The van der Waals surface area contributed by atoms with Crippen molar-refractivity contribution in [1.29, 1.82) is 0 Å². The Labute approximate surface area is 204 Å². The van der Waals surface area contributed by atoms with E-state index in [1.165, 1.54) is 0 Å².